The topological polar surface area (TPSA) is 70.5 Å². The molecule has 1 aliphatic heterocycles. The number of carbonyl (C=O) groups excluding carboxylic acids is 1. The number of rotatable bonds is 5. The molecule has 2 unspecified atom stereocenters. The number of aliphatic carboxylic acids is 1. The molecule has 2 heterocycles. The molecule has 25 heavy (non-hydrogen) atoms. The van der Waals surface area contributed by atoms with Crippen molar-refractivity contribution in [2.24, 2.45) is 5.92 Å². The number of thiazole rings is 1. The Balaban J connectivity index is 1.76. The zero-order valence-electron chi connectivity index (χ0n) is 14.1. The van der Waals surface area contributed by atoms with Crippen LogP contribution in [0.1, 0.15) is 34.4 Å². The van der Waals surface area contributed by atoms with Crippen molar-refractivity contribution >= 4 is 35.0 Å². The number of carboxylic acid groups (broad SMARTS) is 1. The SMILES string of the molecule is Cc1nc(CSc2ccccc2C(=O)N2CCC(C(=O)O)C2C)cs1. The fourth-order valence-electron chi connectivity index (χ4n) is 3.11. The molecule has 1 amide bonds. The second-order valence-corrected chi connectivity index (χ2v) is 8.19. The lowest BCUT2D eigenvalue weighted by Crippen LogP contribution is -2.37. The molecule has 1 N–H and O–H groups in total. The van der Waals surface area contributed by atoms with Crippen LogP contribution in [0.25, 0.3) is 0 Å². The maximum atomic E-state index is 13.0. The highest BCUT2D eigenvalue weighted by Crippen LogP contribution is 2.31. The smallest absolute Gasteiger partial charge is 0.308 e. The molecular formula is C18H20N2O3S2. The lowest BCUT2D eigenvalue weighted by Gasteiger charge is -2.24. The van der Waals surface area contributed by atoms with Gasteiger partial charge in [-0.15, -0.1) is 23.1 Å². The van der Waals surface area contributed by atoms with Crippen LogP contribution in [0.15, 0.2) is 34.5 Å². The maximum Gasteiger partial charge on any atom is 0.308 e. The van der Waals surface area contributed by atoms with E-state index in [1.807, 2.05) is 43.5 Å². The van der Waals surface area contributed by atoms with Gasteiger partial charge in [-0.25, -0.2) is 4.98 Å². The highest BCUT2D eigenvalue weighted by atomic mass is 32.2. The molecule has 1 aromatic heterocycles. The monoisotopic (exact) mass is 376 g/mol. The van der Waals surface area contributed by atoms with Crippen molar-refractivity contribution in [2.75, 3.05) is 6.54 Å². The molecule has 2 atom stereocenters. The summed E-state index contributed by atoms with van der Waals surface area (Å²) in [4.78, 5) is 31.3. The van der Waals surface area contributed by atoms with Crippen LogP contribution in [-0.2, 0) is 10.5 Å². The lowest BCUT2D eigenvalue weighted by atomic mass is 10.0. The third-order valence-corrected chi connectivity index (χ3v) is 6.42. The van der Waals surface area contributed by atoms with Crippen molar-refractivity contribution in [3.63, 3.8) is 0 Å². The summed E-state index contributed by atoms with van der Waals surface area (Å²) in [5.41, 5.74) is 1.65. The molecule has 0 radical (unpaired) electrons. The molecule has 0 saturated carbocycles. The van der Waals surface area contributed by atoms with Gasteiger partial charge in [-0.1, -0.05) is 12.1 Å². The summed E-state index contributed by atoms with van der Waals surface area (Å²) in [6, 6.07) is 7.23. The lowest BCUT2D eigenvalue weighted by molar-refractivity contribution is -0.142. The van der Waals surface area contributed by atoms with E-state index in [0.29, 0.717) is 24.3 Å². The molecule has 1 aromatic carbocycles. The van der Waals surface area contributed by atoms with Crippen LogP contribution in [0.5, 0.6) is 0 Å². The Hall–Kier alpha value is -1.86. The van der Waals surface area contributed by atoms with Crippen LogP contribution in [-0.4, -0.2) is 39.5 Å². The number of carboxylic acids is 1. The molecule has 7 heteroatoms. The first-order valence-corrected chi connectivity index (χ1v) is 10.0. The van der Waals surface area contributed by atoms with Gasteiger partial charge in [0.05, 0.1) is 22.2 Å². The average Bonchev–Trinajstić information content (AvgIpc) is 3.18. The summed E-state index contributed by atoms with van der Waals surface area (Å²) in [5, 5.41) is 12.3. The Labute approximate surface area is 155 Å². The number of carbonyl (C=O) groups is 2. The Kier molecular flexibility index (Phi) is 5.44. The zero-order valence-corrected chi connectivity index (χ0v) is 15.8. The third kappa shape index (κ3) is 3.88. The van der Waals surface area contributed by atoms with Crippen molar-refractivity contribution in [3.8, 4) is 0 Å². The molecule has 1 fully saturated rings. The van der Waals surface area contributed by atoms with Gasteiger partial charge < -0.3 is 10.0 Å². The van der Waals surface area contributed by atoms with E-state index in [4.69, 9.17) is 0 Å². The number of likely N-dealkylation sites (tertiary alicyclic amines) is 1. The highest BCUT2D eigenvalue weighted by molar-refractivity contribution is 7.98. The van der Waals surface area contributed by atoms with Gasteiger partial charge in [0, 0.05) is 28.6 Å². The van der Waals surface area contributed by atoms with E-state index in [0.717, 1.165) is 15.6 Å². The van der Waals surface area contributed by atoms with Gasteiger partial charge in [0.15, 0.2) is 0 Å². The first-order valence-electron chi connectivity index (χ1n) is 8.14. The van der Waals surface area contributed by atoms with E-state index < -0.39 is 11.9 Å². The summed E-state index contributed by atoms with van der Waals surface area (Å²) < 4.78 is 0. The van der Waals surface area contributed by atoms with Crippen LogP contribution in [0.3, 0.4) is 0 Å². The number of aryl methyl sites for hydroxylation is 1. The fourth-order valence-corrected chi connectivity index (χ4v) is 4.76. The number of hydrogen-bond acceptors (Lipinski definition) is 5. The normalized spacial score (nSPS) is 20.0. The molecule has 132 valence electrons. The Morgan fingerprint density at radius 3 is 2.80 bits per heavy atom. The maximum absolute atomic E-state index is 13.0. The summed E-state index contributed by atoms with van der Waals surface area (Å²) in [5.74, 6) is -0.693. The zero-order chi connectivity index (χ0) is 18.0. The first kappa shape index (κ1) is 17.9. The molecule has 3 rings (SSSR count). The molecular weight excluding hydrogens is 356 g/mol. The number of nitrogens with zero attached hydrogens (tertiary/aromatic N) is 2. The molecule has 2 aromatic rings. The molecule has 1 aliphatic rings. The van der Waals surface area contributed by atoms with Crippen LogP contribution < -0.4 is 0 Å². The predicted molar refractivity (Wildman–Crippen MR) is 99.1 cm³/mol. The predicted octanol–water partition coefficient (Wildman–Crippen LogP) is 3.68. The largest absolute Gasteiger partial charge is 0.481 e. The standard InChI is InChI=1S/C18H20N2O3S2/c1-11-14(18(22)23)7-8-20(11)17(21)15-5-3-4-6-16(15)25-10-13-9-24-12(2)19-13/h3-6,9,11,14H,7-8,10H2,1-2H3,(H,22,23). The number of thioether (sulfide) groups is 1. The Bertz CT molecular complexity index is 790. The number of benzene rings is 1. The van der Waals surface area contributed by atoms with Gasteiger partial charge >= 0.3 is 5.97 Å². The third-order valence-electron chi connectivity index (χ3n) is 4.49. The fraction of sp³-hybridized carbons (Fsp3) is 0.389. The number of hydrogen-bond donors (Lipinski definition) is 1. The van der Waals surface area contributed by atoms with Crippen molar-refractivity contribution < 1.29 is 14.7 Å². The summed E-state index contributed by atoms with van der Waals surface area (Å²) in [7, 11) is 0. The summed E-state index contributed by atoms with van der Waals surface area (Å²) in [6.07, 6.45) is 0.510. The highest BCUT2D eigenvalue weighted by Gasteiger charge is 2.38. The molecule has 5 nitrogen and oxygen atoms in total. The van der Waals surface area contributed by atoms with Crippen molar-refractivity contribution in [1.29, 1.82) is 0 Å². The van der Waals surface area contributed by atoms with Crippen LogP contribution in [0.4, 0.5) is 0 Å². The average molecular weight is 377 g/mol. The van der Waals surface area contributed by atoms with E-state index in [1.165, 1.54) is 0 Å². The van der Waals surface area contributed by atoms with Crippen molar-refractivity contribution in [2.45, 2.75) is 37.0 Å². The van der Waals surface area contributed by atoms with Crippen LogP contribution in [0, 0.1) is 12.8 Å². The Morgan fingerprint density at radius 2 is 2.16 bits per heavy atom. The van der Waals surface area contributed by atoms with Gasteiger partial charge in [0.2, 0.25) is 0 Å². The first-order chi connectivity index (χ1) is 12.0. The van der Waals surface area contributed by atoms with E-state index in [9.17, 15) is 14.7 Å². The quantitative estimate of drug-likeness (QED) is 0.806. The summed E-state index contributed by atoms with van der Waals surface area (Å²) in [6.45, 7) is 4.28. The minimum atomic E-state index is -0.829. The molecule has 0 bridgehead atoms. The number of amides is 1. The van der Waals surface area contributed by atoms with Crippen molar-refractivity contribution in [3.05, 3.63) is 45.9 Å². The minimum Gasteiger partial charge on any atom is -0.481 e. The van der Waals surface area contributed by atoms with E-state index in [-0.39, 0.29) is 11.9 Å². The van der Waals surface area contributed by atoms with Gasteiger partial charge in [0.25, 0.3) is 5.91 Å². The second-order valence-electron chi connectivity index (χ2n) is 6.12. The van der Waals surface area contributed by atoms with Crippen LogP contribution >= 0.6 is 23.1 Å². The molecule has 0 aliphatic carbocycles. The van der Waals surface area contributed by atoms with Gasteiger partial charge in [0.1, 0.15) is 0 Å². The molecule has 1 saturated heterocycles. The van der Waals surface area contributed by atoms with E-state index >= 15 is 0 Å². The van der Waals surface area contributed by atoms with E-state index in [1.54, 1.807) is 28.0 Å². The minimum absolute atomic E-state index is 0.0891. The molecule has 0 spiro atoms. The summed E-state index contributed by atoms with van der Waals surface area (Å²) >= 11 is 3.21. The second kappa shape index (κ2) is 7.58. The Morgan fingerprint density at radius 1 is 1.40 bits per heavy atom. The van der Waals surface area contributed by atoms with Gasteiger partial charge in [-0.2, -0.15) is 0 Å². The van der Waals surface area contributed by atoms with Gasteiger partial charge in [-0.3, -0.25) is 9.59 Å². The van der Waals surface area contributed by atoms with Crippen LogP contribution in [0.2, 0.25) is 0 Å². The van der Waals surface area contributed by atoms with Crippen molar-refractivity contribution in [1.82, 2.24) is 9.88 Å². The van der Waals surface area contributed by atoms with Gasteiger partial charge in [-0.05, 0) is 32.4 Å². The number of aromatic nitrogens is 1. The van der Waals surface area contributed by atoms with E-state index in [2.05, 4.69) is 4.98 Å².